The Hall–Kier alpha value is -2.95. The third-order valence-electron chi connectivity index (χ3n) is 6.49. The quantitative estimate of drug-likeness (QED) is 0.593. The van der Waals surface area contributed by atoms with Crippen LogP contribution in [-0.2, 0) is 16.0 Å². The van der Waals surface area contributed by atoms with Gasteiger partial charge in [0.1, 0.15) is 11.5 Å². The number of allylic oxidation sites excluding steroid dienone is 1. The Kier molecular flexibility index (Phi) is 6.21. The molecule has 0 saturated carbocycles. The second-order valence-corrected chi connectivity index (χ2v) is 8.56. The number of ether oxygens (including phenoxy) is 2. The first kappa shape index (κ1) is 21.3. The maximum atomic E-state index is 11.6. The molecule has 3 atom stereocenters. The van der Waals surface area contributed by atoms with Gasteiger partial charge in [-0.25, -0.2) is 0 Å². The first-order valence-corrected chi connectivity index (χ1v) is 11.1. The van der Waals surface area contributed by atoms with Crippen molar-refractivity contribution in [2.45, 2.75) is 58.6 Å². The maximum absolute atomic E-state index is 11.6. The summed E-state index contributed by atoms with van der Waals surface area (Å²) in [4.78, 5) is 11.6. The highest BCUT2D eigenvalue weighted by Gasteiger charge is 2.33. The molecule has 0 radical (unpaired) electrons. The van der Waals surface area contributed by atoms with Crippen molar-refractivity contribution in [2.24, 2.45) is 5.92 Å². The number of fused-ring (bicyclic) bond motifs is 1. The van der Waals surface area contributed by atoms with Crippen molar-refractivity contribution in [3.05, 3.63) is 76.2 Å². The van der Waals surface area contributed by atoms with Gasteiger partial charge in [0.2, 0.25) is 0 Å². The van der Waals surface area contributed by atoms with Gasteiger partial charge in [-0.1, -0.05) is 42.8 Å². The van der Waals surface area contributed by atoms with Crippen molar-refractivity contribution >= 4 is 5.97 Å². The van der Waals surface area contributed by atoms with Crippen molar-refractivity contribution < 1.29 is 19.4 Å². The van der Waals surface area contributed by atoms with Crippen molar-refractivity contribution in [2.75, 3.05) is 6.61 Å². The standard InChI is InChI=1S/C26H31NO4/c1-4-21(26(28)29)23-11-9-19-15-20(10-12-22(19)23)30-14-13-24-17(3)27-25(31-24)18-7-5-16(2)6-8-18/h5-8,10,12,15,21,23,25,27H,4,9,11,13-14H2,1-3H3,(H,28,29). The van der Waals surface area contributed by atoms with E-state index in [0.29, 0.717) is 19.4 Å². The Labute approximate surface area is 184 Å². The van der Waals surface area contributed by atoms with Crippen molar-refractivity contribution in [3.63, 3.8) is 0 Å². The minimum Gasteiger partial charge on any atom is -0.493 e. The summed E-state index contributed by atoms with van der Waals surface area (Å²) in [6.45, 7) is 6.59. The molecule has 1 aliphatic heterocycles. The van der Waals surface area contributed by atoms with Crippen LogP contribution in [0.1, 0.15) is 67.5 Å². The monoisotopic (exact) mass is 421 g/mol. The lowest BCUT2D eigenvalue weighted by molar-refractivity contribution is -0.142. The number of rotatable bonds is 8. The Balaban J connectivity index is 1.33. The smallest absolute Gasteiger partial charge is 0.307 e. The zero-order valence-electron chi connectivity index (χ0n) is 18.5. The van der Waals surface area contributed by atoms with E-state index in [1.165, 1.54) is 16.7 Å². The van der Waals surface area contributed by atoms with E-state index in [4.69, 9.17) is 9.47 Å². The fraction of sp³-hybridized carbons (Fsp3) is 0.423. The minimum atomic E-state index is -0.696. The molecule has 0 saturated heterocycles. The second kappa shape index (κ2) is 9.04. The molecule has 0 bridgehead atoms. The van der Waals surface area contributed by atoms with Crippen LogP contribution in [0.15, 0.2) is 53.9 Å². The minimum absolute atomic E-state index is 0.107. The van der Waals surface area contributed by atoms with Crippen LogP contribution < -0.4 is 10.1 Å². The van der Waals surface area contributed by atoms with Gasteiger partial charge in [-0.05, 0) is 62.3 Å². The number of benzene rings is 2. The summed E-state index contributed by atoms with van der Waals surface area (Å²) in [7, 11) is 0. The summed E-state index contributed by atoms with van der Waals surface area (Å²) in [6.07, 6.45) is 3.02. The molecule has 1 aliphatic carbocycles. The first-order valence-electron chi connectivity index (χ1n) is 11.1. The SMILES string of the molecule is CCC(C(=O)O)C1CCc2cc(OCCC3=C(C)NC(c4ccc(C)cc4)O3)ccc21. The Morgan fingerprint density at radius 2 is 2.00 bits per heavy atom. The van der Waals surface area contributed by atoms with Gasteiger partial charge in [0, 0.05) is 17.7 Å². The largest absolute Gasteiger partial charge is 0.493 e. The van der Waals surface area contributed by atoms with E-state index >= 15 is 0 Å². The fourth-order valence-electron chi connectivity index (χ4n) is 4.70. The molecule has 0 spiro atoms. The molecule has 0 fully saturated rings. The molecule has 2 aromatic carbocycles. The molecule has 3 unspecified atom stereocenters. The topological polar surface area (TPSA) is 67.8 Å². The third kappa shape index (κ3) is 4.55. The Morgan fingerprint density at radius 3 is 2.71 bits per heavy atom. The highest BCUT2D eigenvalue weighted by molar-refractivity contribution is 5.71. The van der Waals surface area contributed by atoms with Crippen LogP contribution in [0, 0.1) is 12.8 Å². The summed E-state index contributed by atoms with van der Waals surface area (Å²) in [5.41, 5.74) is 5.78. The van der Waals surface area contributed by atoms with Gasteiger partial charge < -0.3 is 19.9 Å². The molecular weight excluding hydrogens is 390 g/mol. The van der Waals surface area contributed by atoms with Gasteiger partial charge in [0.05, 0.1) is 12.5 Å². The summed E-state index contributed by atoms with van der Waals surface area (Å²) in [5.74, 6) is 0.868. The molecule has 4 rings (SSSR count). The first-order chi connectivity index (χ1) is 15.0. The number of carbonyl (C=O) groups is 1. The molecular formula is C26H31NO4. The molecule has 164 valence electrons. The molecule has 0 aromatic heterocycles. The van der Waals surface area contributed by atoms with Crippen LogP contribution in [0.2, 0.25) is 0 Å². The highest BCUT2D eigenvalue weighted by Crippen LogP contribution is 2.41. The lowest BCUT2D eigenvalue weighted by atomic mass is 9.85. The molecule has 0 amide bonds. The fourth-order valence-corrected chi connectivity index (χ4v) is 4.70. The van der Waals surface area contributed by atoms with Gasteiger partial charge in [-0.2, -0.15) is 0 Å². The summed E-state index contributed by atoms with van der Waals surface area (Å²) < 4.78 is 12.1. The second-order valence-electron chi connectivity index (χ2n) is 8.56. The van der Waals surface area contributed by atoms with Crippen LogP contribution in [0.5, 0.6) is 5.75 Å². The molecule has 2 aliphatic rings. The Morgan fingerprint density at radius 1 is 1.23 bits per heavy atom. The zero-order chi connectivity index (χ0) is 22.0. The van der Waals surface area contributed by atoms with E-state index in [9.17, 15) is 9.90 Å². The van der Waals surface area contributed by atoms with E-state index in [1.54, 1.807) is 0 Å². The average molecular weight is 422 g/mol. The molecule has 2 N–H and O–H groups in total. The lowest BCUT2D eigenvalue weighted by Crippen LogP contribution is -2.19. The van der Waals surface area contributed by atoms with Crippen LogP contribution in [0.3, 0.4) is 0 Å². The third-order valence-corrected chi connectivity index (χ3v) is 6.49. The van der Waals surface area contributed by atoms with E-state index in [-0.39, 0.29) is 18.1 Å². The van der Waals surface area contributed by atoms with E-state index < -0.39 is 5.97 Å². The molecule has 2 aromatic rings. The predicted octanol–water partition coefficient (Wildman–Crippen LogP) is 5.45. The summed E-state index contributed by atoms with van der Waals surface area (Å²) in [5, 5.41) is 12.9. The summed E-state index contributed by atoms with van der Waals surface area (Å²) >= 11 is 0. The van der Waals surface area contributed by atoms with Crippen LogP contribution >= 0.6 is 0 Å². The maximum Gasteiger partial charge on any atom is 0.307 e. The predicted molar refractivity (Wildman–Crippen MR) is 120 cm³/mol. The van der Waals surface area contributed by atoms with Gasteiger partial charge in [0.25, 0.3) is 0 Å². The van der Waals surface area contributed by atoms with E-state index in [0.717, 1.165) is 35.6 Å². The number of carboxylic acid groups (broad SMARTS) is 1. The normalized spacial score (nSPS) is 20.7. The molecule has 5 heteroatoms. The van der Waals surface area contributed by atoms with Gasteiger partial charge in [0.15, 0.2) is 6.23 Å². The average Bonchev–Trinajstić information content (AvgIpc) is 3.32. The number of carboxylic acids is 1. The number of hydrogen-bond donors (Lipinski definition) is 2. The molecule has 31 heavy (non-hydrogen) atoms. The van der Waals surface area contributed by atoms with Crippen molar-refractivity contribution in [1.29, 1.82) is 0 Å². The van der Waals surface area contributed by atoms with Gasteiger partial charge in [-0.3, -0.25) is 4.79 Å². The van der Waals surface area contributed by atoms with E-state index in [2.05, 4.69) is 48.6 Å². The molecule has 5 nitrogen and oxygen atoms in total. The van der Waals surface area contributed by atoms with Crippen molar-refractivity contribution in [1.82, 2.24) is 5.32 Å². The van der Waals surface area contributed by atoms with Crippen LogP contribution in [0.4, 0.5) is 0 Å². The number of hydrogen-bond acceptors (Lipinski definition) is 4. The number of aliphatic carboxylic acids is 1. The van der Waals surface area contributed by atoms with Gasteiger partial charge in [-0.15, -0.1) is 0 Å². The molecule has 1 heterocycles. The van der Waals surface area contributed by atoms with Crippen molar-refractivity contribution in [3.8, 4) is 5.75 Å². The highest BCUT2D eigenvalue weighted by atomic mass is 16.5. The Bertz CT molecular complexity index is 979. The lowest BCUT2D eigenvalue weighted by Gasteiger charge is -2.19. The number of aryl methyl sites for hydroxylation is 2. The number of nitrogens with one attached hydrogen (secondary N) is 1. The summed E-state index contributed by atoms with van der Waals surface area (Å²) in [6, 6.07) is 14.5. The van der Waals surface area contributed by atoms with Crippen LogP contribution in [0.25, 0.3) is 0 Å². The van der Waals surface area contributed by atoms with Gasteiger partial charge >= 0.3 is 5.97 Å². The van der Waals surface area contributed by atoms with Crippen LogP contribution in [-0.4, -0.2) is 17.7 Å². The zero-order valence-corrected chi connectivity index (χ0v) is 18.5. The van der Waals surface area contributed by atoms with E-state index in [1.807, 2.05) is 19.9 Å².